The number of unbranched alkanes of at least 4 members (excludes halogenated alkanes) is 2. The molecule has 0 saturated carbocycles. The maximum atomic E-state index is 5.62. The summed E-state index contributed by atoms with van der Waals surface area (Å²) in [6.07, 6.45) is 3.60. The van der Waals surface area contributed by atoms with E-state index in [1.165, 1.54) is 18.4 Å². The second-order valence-corrected chi connectivity index (χ2v) is 4.21. The molecule has 1 aromatic carbocycles. The molecule has 0 saturated heterocycles. The molecule has 0 spiro atoms. The first kappa shape index (κ1) is 11.6. The molecule has 0 aliphatic rings. The van der Waals surface area contributed by atoms with Gasteiger partial charge in [0, 0.05) is 5.33 Å². The van der Waals surface area contributed by atoms with E-state index in [0.29, 0.717) is 0 Å². The minimum absolute atomic E-state index is 0.830. The second kappa shape index (κ2) is 6.88. The van der Waals surface area contributed by atoms with E-state index in [9.17, 15) is 0 Å². The number of halogens is 1. The van der Waals surface area contributed by atoms with Crippen LogP contribution >= 0.6 is 15.9 Å². The molecule has 1 nitrogen and oxygen atoms in total. The molecule has 0 unspecified atom stereocenters. The maximum absolute atomic E-state index is 5.62. The van der Waals surface area contributed by atoms with Crippen molar-refractivity contribution in [3.63, 3.8) is 0 Å². The number of aryl methyl sites for hydroxylation is 1. The minimum Gasteiger partial charge on any atom is -0.494 e. The lowest BCUT2D eigenvalue weighted by molar-refractivity contribution is 0.306. The van der Waals surface area contributed by atoms with Gasteiger partial charge in [0.05, 0.1) is 6.61 Å². The smallest absolute Gasteiger partial charge is 0.119 e. The van der Waals surface area contributed by atoms with Crippen LogP contribution in [0.3, 0.4) is 0 Å². The fraction of sp³-hybridized carbons (Fsp3) is 0.500. The fourth-order valence-corrected chi connectivity index (χ4v) is 1.66. The Bertz CT molecular complexity index is 260. The van der Waals surface area contributed by atoms with Crippen molar-refractivity contribution in [1.82, 2.24) is 0 Å². The van der Waals surface area contributed by atoms with Crippen LogP contribution in [-0.2, 0) is 0 Å². The summed E-state index contributed by atoms with van der Waals surface area (Å²) in [6, 6.07) is 8.20. The summed E-state index contributed by atoms with van der Waals surface area (Å²) in [6.45, 7) is 2.91. The monoisotopic (exact) mass is 256 g/mol. The number of rotatable bonds is 6. The molecule has 0 aromatic heterocycles. The second-order valence-electron chi connectivity index (χ2n) is 3.41. The number of benzene rings is 1. The van der Waals surface area contributed by atoms with Crippen LogP contribution in [0.2, 0.25) is 0 Å². The third kappa shape index (κ3) is 4.66. The predicted molar refractivity (Wildman–Crippen MR) is 64.3 cm³/mol. The van der Waals surface area contributed by atoms with E-state index in [0.717, 1.165) is 24.1 Å². The topological polar surface area (TPSA) is 9.23 Å². The van der Waals surface area contributed by atoms with Crippen molar-refractivity contribution in [3.05, 3.63) is 29.8 Å². The average molecular weight is 257 g/mol. The highest BCUT2D eigenvalue weighted by Crippen LogP contribution is 2.12. The zero-order valence-corrected chi connectivity index (χ0v) is 10.2. The van der Waals surface area contributed by atoms with Crippen molar-refractivity contribution in [1.29, 1.82) is 0 Å². The van der Waals surface area contributed by atoms with Crippen molar-refractivity contribution in [2.45, 2.75) is 26.2 Å². The standard InChI is InChI=1S/C12H17BrO/c1-11-6-5-7-12(10-11)14-9-4-2-3-8-13/h5-7,10H,2-4,8-9H2,1H3. The first-order valence-electron chi connectivity index (χ1n) is 5.08. The molecule has 0 bridgehead atoms. The molecule has 0 aliphatic carbocycles. The molecule has 0 amide bonds. The Balaban J connectivity index is 2.18. The average Bonchev–Trinajstić information content (AvgIpc) is 2.18. The van der Waals surface area contributed by atoms with E-state index in [1.807, 2.05) is 12.1 Å². The summed E-state index contributed by atoms with van der Waals surface area (Å²) < 4.78 is 5.62. The lowest BCUT2D eigenvalue weighted by Crippen LogP contribution is -1.97. The fourth-order valence-electron chi connectivity index (χ4n) is 1.27. The highest BCUT2D eigenvalue weighted by Gasteiger charge is 1.93. The van der Waals surface area contributed by atoms with Crippen LogP contribution in [0.15, 0.2) is 24.3 Å². The minimum atomic E-state index is 0.830. The Kier molecular flexibility index (Phi) is 5.69. The van der Waals surface area contributed by atoms with Crippen molar-refractivity contribution >= 4 is 15.9 Å². The predicted octanol–water partition coefficient (Wildman–Crippen LogP) is 3.94. The Morgan fingerprint density at radius 1 is 1.21 bits per heavy atom. The summed E-state index contributed by atoms with van der Waals surface area (Å²) in [5.74, 6) is 0.990. The Morgan fingerprint density at radius 3 is 2.79 bits per heavy atom. The van der Waals surface area contributed by atoms with Crippen LogP contribution in [0.4, 0.5) is 0 Å². The first-order valence-corrected chi connectivity index (χ1v) is 6.20. The molecule has 0 radical (unpaired) electrons. The normalized spacial score (nSPS) is 10.1. The van der Waals surface area contributed by atoms with Crippen LogP contribution < -0.4 is 4.74 Å². The number of alkyl halides is 1. The SMILES string of the molecule is Cc1cccc(OCCCCCBr)c1. The molecule has 78 valence electrons. The van der Waals surface area contributed by atoms with E-state index < -0.39 is 0 Å². The Labute approximate surface area is 94.6 Å². The van der Waals surface area contributed by atoms with Crippen LogP contribution in [0.1, 0.15) is 24.8 Å². The maximum Gasteiger partial charge on any atom is 0.119 e. The summed E-state index contributed by atoms with van der Waals surface area (Å²) in [4.78, 5) is 0. The summed E-state index contributed by atoms with van der Waals surface area (Å²) >= 11 is 3.42. The van der Waals surface area contributed by atoms with Crippen molar-refractivity contribution in [2.75, 3.05) is 11.9 Å². The highest BCUT2D eigenvalue weighted by atomic mass is 79.9. The van der Waals surface area contributed by atoms with Gasteiger partial charge in [0.15, 0.2) is 0 Å². The summed E-state index contributed by atoms with van der Waals surface area (Å²) in [5, 5.41) is 1.09. The van der Waals surface area contributed by atoms with Crippen molar-refractivity contribution in [3.8, 4) is 5.75 Å². The number of ether oxygens (including phenoxy) is 1. The van der Waals surface area contributed by atoms with Crippen LogP contribution in [-0.4, -0.2) is 11.9 Å². The third-order valence-electron chi connectivity index (χ3n) is 2.04. The van der Waals surface area contributed by atoms with Gasteiger partial charge in [-0.1, -0.05) is 28.1 Å². The zero-order valence-electron chi connectivity index (χ0n) is 8.63. The first-order chi connectivity index (χ1) is 6.83. The lowest BCUT2D eigenvalue weighted by atomic mass is 10.2. The van der Waals surface area contributed by atoms with Crippen LogP contribution in [0.5, 0.6) is 5.75 Å². The van der Waals surface area contributed by atoms with Crippen molar-refractivity contribution < 1.29 is 4.74 Å². The van der Waals surface area contributed by atoms with Gasteiger partial charge in [-0.25, -0.2) is 0 Å². The molecular weight excluding hydrogens is 240 g/mol. The number of hydrogen-bond donors (Lipinski definition) is 0. The Hall–Kier alpha value is -0.500. The van der Waals surface area contributed by atoms with Crippen LogP contribution in [0, 0.1) is 6.92 Å². The number of hydrogen-bond acceptors (Lipinski definition) is 1. The lowest BCUT2D eigenvalue weighted by Gasteiger charge is -2.05. The zero-order chi connectivity index (χ0) is 10.2. The molecule has 0 aliphatic heterocycles. The van der Waals surface area contributed by atoms with Gasteiger partial charge in [-0.3, -0.25) is 0 Å². The molecule has 14 heavy (non-hydrogen) atoms. The quantitative estimate of drug-likeness (QED) is 0.554. The van der Waals surface area contributed by atoms with E-state index in [2.05, 4.69) is 35.0 Å². The van der Waals surface area contributed by atoms with Gasteiger partial charge in [-0.2, -0.15) is 0 Å². The van der Waals surface area contributed by atoms with Gasteiger partial charge in [0.2, 0.25) is 0 Å². The van der Waals surface area contributed by atoms with E-state index >= 15 is 0 Å². The molecular formula is C12H17BrO. The molecule has 0 heterocycles. The molecule has 0 fully saturated rings. The van der Waals surface area contributed by atoms with Crippen LogP contribution in [0.25, 0.3) is 0 Å². The molecule has 0 atom stereocenters. The van der Waals surface area contributed by atoms with E-state index in [1.54, 1.807) is 0 Å². The highest BCUT2D eigenvalue weighted by molar-refractivity contribution is 9.09. The Morgan fingerprint density at radius 2 is 2.07 bits per heavy atom. The van der Waals surface area contributed by atoms with Gasteiger partial charge in [-0.15, -0.1) is 0 Å². The molecule has 0 N–H and O–H groups in total. The summed E-state index contributed by atoms with van der Waals surface area (Å²) in [7, 11) is 0. The van der Waals surface area contributed by atoms with E-state index in [-0.39, 0.29) is 0 Å². The van der Waals surface area contributed by atoms with Gasteiger partial charge in [0.1, 0.15) is 5.75 Å². The van der Waals surface area contributed by atoms with Gasteiger partial charge >= 0.3 is 0 Å². The molecule has 1 aromatic rings. The van der Waals surface area contributed by atoms with Gasteiger partial charge in [0.25, 0.3) is 0 Å². The largest absolute Gasteiger partial charge is 0.494 e. The van der Waals surface area contributed by atoms with Crippen molar-refractivity contribution in [2.24, 2.45) is 0 Å². The van der Waals surface area contributed by atoms with Gasteiger partial charge < -0.3 is 4.74 Å². The molecule has 2 heteroatoms. The molecule has 1 rings (SSSR count). The summed E-state index contributed by atoms with van der Waals surface area (Å²) in [5.41, 5.74) is 1.25. The van der Waals surface area contributed by atoms with E-state index in [4.69, 9.17) is 4.74 Å². The third-order valence-corrected chi connectivity index (χ3v) is 2.60. The van der Waals surface area contributed by atoms with Gasteiger partial charge in [-0.05, 0) is 43.9 Å².